The largest absolute Gasteiger partial charge is 0.492 e. The molecule has 0 saturated heterocycles. The summed E-state index contributed by atoms with van der Waals surface area (Å²) in [5.41, 5.74) is 3.38. The van der Waals surface area contributed by atoms with Crippen molar-refractivity contribution in [3.63, 3.8) is 0 Å². The second-order valence-corrected chi connectivity index (χ2v) is 6.85. The molecule has 4 rings (SSSR count). The SMILES string of the molecule is COC(=O)CC1COc2cc(OC3CCc4c(Cl)cccc43)ccc21. The number of carbonyl (C=O) groups excluding carboxylic acids is 1. The number of ether oxygens (including phenoxy) is 3. The third-order valence-corrected chi connectivity index (χ3v) is 5.30. The molecule has 0 saturated carbocycles. The fourth-order valence-corrected chi connectivity index (χ4v) is 3.92. The van der Waals surface area contributed by atoms with Gasteiger partial charge in [0.25, 0.3) is 0 Å². The zero-order chi connectivity index (χ0) is 17.4. The predicted octanol–water partition coefficient (Wildman–Crippen LogP) is 4.45. The molecule has 0 radical (unpaired) electrons. The highest BCUT2D eigenvalue weighted by atomic mass is 35.5. The summed E-state index contributed by atoms with van der Waals surface area (Å²) >= 11 is 6.27. The lowest BCUT2D eigenvalue weighted by Crippen LogP contribution is -2.09. The van der Waals surface area contributed by atoms with Gasteiger partial charge in [-0.2, -0.15) is 0 Å². The number of halogens is 1. The Morgan fingerprint density at radius 1 is 1.28 bits per heavy atom. The third kappa shape index (κ3) is 3.07. The molecule has 0 aromatic heterocycles. The lowest BCUT2D eigenvalue weighted by molar-refractivity contribution is -0.141. The molecule has 2 atom stereocenters. The highest BCUT2D eigenvalue weighted by molar-refractivity contribution is 6.31. The zero-order valence-corrected chi connectivity index (χ0v) is 14.7. The van der Waals surface area contributed by atoms with Crippen molar-refractivity contribution < 1.29 is 19.0 Å². The van der Waals surface area contributed by atoms with Crippen molar-refractivity contribution in [2.45, 2.75) is 31.3 Å². The van der Waals surface area contributed by atoms with Gasteiger partial charge < -0.3 is 14.2 Å². The number of carbonyl (C=O) groups is 1. The summed E-state index contributed by atoms with van der Waals surface area (Å²) in [7, 11) is 1.40. The lowest BCUT2D eigenvalue weighted by Gasteiger charge is -2.16. The van der Waals surface area contributed by atoms with E-state index >= 15 is 0 Å². The second-order valence-electron chi connectivity index (χ2n) is 6.44. The highest BCUT2D eigenvalue weighted by Gasteiger charge is 2.29. The van der Waals surface area contributed by atoms with Crippen LogP contribution in [0.25, 0.3) is 0 Å². The molecule has 1 heterocycles. The van der Waals surface area contributed by atoms with Crippen LogP contribution in [0, 0.1) is 0 Å². The first-order chi connectivity index (χ1) is 12.2. The van der Waals surface area contributed by atoms with E-state index in [9.17, 15) is 4.79 Å². The van der Waals surface area contributed by atoms with Gasteiger partial charge in [-0.25, -0.2) is 0 Å². The number of esters is 1. The Hall–Kier alpha value is -2.20. The number of methoxy groups -OCH3 is 1. The molecule has 0 fully saturated rings. The van der Waals surface area contributed by atoms with Crippen molar-refractivity contribution in [1.82, 2.24) is 0 Å². The van der Waals surface area contributed by atoms with Crippen LogP contribution in [0.4, 0.5) is 0 Å². The van der Waals surface area contributed by atoms with Crippen molar-refractivity contribution in [2.75, 3.05) is 13.7 Å². The fourth-order valence-electron chi connectivity index (χ4n) is 3.64. The molecular weight excluding hydrogens is 340 g/mol. The Morgan fingerprint density at radius 3 is 3.00 bits per heavy atom. The Balaban J connectivity index is 1.51. The molecule has 25 heavy (non-hydrogen) atoms. The average Bonchev–Trinajstić information content (AvgIpc) is 3.20. The minimum absolute atomic E-state index is 0.0130. The molecular formula is C20H19ClO4. The van der Waals surface area contributed by atoms with Crippen LogP contribution < -0.4 is 9.47 Å². The van der Waals surface area contributed by atoms with E-state index in [0.717, 1.165) is 40.5 Å². The predicted molar refractivity (Wildman–Crippen MR) is 94.5 cm³/mol. The fraction of sp³-hybridized carbons (Fsp3) is 0.350. The van der Waals surface area contributed by atoms with Crippen LogP contribution in [-0.4, -0.2) is 19.7 Å². The van der Waals surface area contributed by atoms with Crippen molar-refractivity contribution in [1.29, 1.82) is 0 Å². The van der Waals surface area contributed by atoms with Crippen molar-refractivity contribution in [3.8, 4) is 11.5 Å². The summed E-state index contributed by atoms with van der Waals surface area (Å²) in [5.74, 6) is 1.38. The van der Waals surface area contributed by atoms with E-state index in [1.165, 1.54) is 12.7 Å². The summed E-state index contributed by atoms with van der Waals surface area (Å²) in [5, 5.41) is 0.812. The molecule has 0 amide bonds. The smallest absolute Gasteiger partial charge is 0.306 e. The van der Waals surface area contributed by atoms with Crippen LogP contribution in [0.15, 0.2) is 36.4 Å². The summed E-state index contributed by atoms with van der Waals surface area (Å²) in [6.45, 7) is 0.496. The van der Waals surface area contributed by atoms with Gasteiger partial charge in [0.2, 0.25) is 0 Å². The molecule has 130 valence electrons. The topological polar surface area (TPSA) is 44.8 Å². The van der Waals surface area contributed by atoms with Crippen LogP contribution in [-0.2, 0) is 16.0 Å². The Bertz CT molecular complexity index is 817. The Labute approximate surface area is 151 Å². The van der Waals surface area contributed by atoms with E-state index in [2.05, 4.69) is 6.07 Å². The van der Waals surface area contributed by atoms with E-state index in [1.807, 2.05) is 30.3 Å². The third-order valence-electron chi connectivity index (χ3n) is 4.94. The quantitative estimate of drug-likeness (QED) is 0.758. The molecule has 2 unspecified atom stereocenters. The van der Waals surface area contributed by atoms with Gasteiger partial charge in [0, 0.05) is 22.6 Å². The molecule has 1 aliphatic heterocycles. The maximum absolute atomic E-state index is 11.5. The summed E-state index contributed by atoms with van der Waals surface area (Å²) in [6.07, 6.45) is 2.20. The second kappa shape index (κ2) is 6.60. The molecule has 0 N–H and O–H groups in total. The maximum atomic E-state index is 11.5. The van der Waals surface area contributed by atoms with Gasteiger partial charge in [0.05, 0.1) is 20.1 Å². The van der Waals surface area contributed by atoms with Gasteiger partial charge in [0.15, 0.2) is 0 Å². The normalized spacial score (nSPS) is 20.6. The van der Waals surface area contributed by atoms with Crippen LogP contribution >= 0.6 is 11.6 Å². The molecule has 1 aliphatic carbocycles. The van der Waals surface area contributed by atoms with Gasteiger partial charge in [-0.15, -0.1) is 0 Å². The number of benzene rings is 2. The van der Waals surface area contributed by atoms with E-state index in [1.54, 1.807) is 0 Å². The summed E-state index contributed by atoms with van der Waals surface area (Å²) in [6, 6.07) is 11.8. The first kappa shape index (κ1) is 16.3. The highest BCUT2D eigenvalue weighted by Crippen LogP contribution is 2.42. The number of hydrogen-bond donors (Lipinski definition) is 0. The van der Waals surface area contributed by atoms with Crippen LogP contribution in [0.5, 0.6) is 11.5 Å². The molecule has 2 aromatic carbocycles. The van der Waals surface area contributed by atoms with Crippen molar-refractivity contribution in [2.24, 2.45) is 0 Å². The lowest BCUT2D eigenvalue weighted by atomic mass is 9.98. The van der Waals surface area contributed by atoms with Crippen LogP contribution in [0.1, 0.15) is 41.6 Å². The van der Waals surface area contributed by atoms with Crippen molar-refractivity contribution >= 4 is 17.6 Å². The molecule has 2 aromatic rings. The monoisotopic (exact) mass is 358 g/mol. The van der Waals surface area contributed by atoms with E-state index in [-0.39, 0.29) is 18.0 Å². The molecule has 4 nitrogen and oxygen atoms in total. The van der Waals surface area contributed by atoms with E-state index in [0.29, 0.717) is 13.0 Å². The minimum atomic E-state index is -0.221. The van der Waals surface area contributed by atoms with Gasteiger partial charge in [0.1, 0.15) is 17.6 Å². The minimum Gasteiger partial charge on any atom is -0.492 e. The average molecular weight is 359 g/mol. The number of hydrogen-bond acceptors (Lipinski definition) is 4. The van der Waals surface area contributed by atoms with Gasteiger partial charge in [-0.1, -0.05) is 29.8 Å². The standard InChI is InChI=1S/C20H19ClO4/c1-23-20(22)9-12-11-24-19-10-13(5-6-14(12)19)25-18-8-7-15-16(18)3-2-4-17(15)21/h2-6,10,12,18H,7-9,11H2,1H3. The molecule has 5 heteroatoms. The first-order valence-electron chi connectivity index (χ1n) is 8.43. The zero-order valence-electron chi connectivity index (χ0n) is 14.0. The number of fused-ring (bicyclic) bond motifs is 2. The van der Waals surface area contributed by atoms with Crippen LogP contribution in [0.2, 0.25) is 5.02 Å². The molecule has 2 aliphatic rings. The first-order valence-corrected chi connectivity index (χ1v) is 8.81. The Morgan fingerprint density at radius 2 is 2.16 bits per heavy atom. The van der Waals surface area contributed by atoms with Gasteiger partial charge >= 0.3 is 5.97 Å². The van der Waals surface area contributed by atoms with Gasteiger partial charge in [-0.3, -0.25) is 4.79 Å². The van der Waals surface area contributed by atoms with Gasteiger partial charge in [-0.05, 0) is 36.1 Å². The summed E-state index contributed by atoms with van der Waals surface area (Å²) in [4.78, 5) is 11.5. The molecule has 0 spiro atoms. The number of rotatable bonds is 4. The van der Waals surface area contributed by atoms with Crippen LogP contribution in [0.3, 0.4) is 0 Å². The Kier molecular flexibility index (Phi) is 4.30. The summed E-state index contributed by atoms with van der Waals surface area (Å²) < 4.78 is 16.7. The van der Waals surface area contributed by atoms with E-state index in [4.69, 9.17) is 25.8 Å². The molecule has 0 bridgehead atoms. The maximum Gasteiger partial charge on any atom is 0.306 e. The van der Waals surface area contributed by atoms with Crippen molar-refractivity contribution in [3.05, 3.63) is 58.1 Å². The van der Waals surface area contributed by atoms with E-state index < -0.39 is 0 Å².